The molecular weight excluding hydrogens is 208 g/mol. The van der Waals surface area contributed by atoms with E-state index in [1.807, 2.05) is 30.3 Å². The maximum atomic E-state index is 10.6. The van der Waals surface area contributed by atoms with Gasteiger partial charge in [0.2, 0.25) is 0 Å². The van der Waals surface area contributed by atoms with Crippen LogP contribution >= 0.6 is 0 Å². The third kappa shape index (κ3) is 9.80. The van der Waals surface area contributed by atoms with Crippen molar-refractivity contribution in [2.75, 3.05) is 0 Å². The summed E-state index contributed by atoms with van der Waals surface area (Å²) in [6.45, 7) is 6.08. The maximum absolute atomic E-state index is 10.6. The molecule has 0 aromatic heterocycles. The lowest BCUT2D eigenvalue weighted by Crippen LogP contribution is -1.88. The fourth-order valence-corrected chi connectivity index (χ4v) is 1.53. The summed E-state index contributed by atoms with van der Waals surface area (Å²) in [5.74, 6) is 0.121. The smallest absolute Gasteiger partial charge is 0.159 e. The Morgan fingerprint density at radius 1 is 0.882 bits per heavy atom. The molecule has 1 aromatic rings. The van der Waals surface area contributed by atoms with Gasteiger partial charge in [0.05, 0.1) is 0 Å². The molecule has 1 heteroatoms. The highest BCUT2D eigenvalue weighted by Crippen LogP contribution is 2.03. The van der Waals surface area contributed by atoms with E-state index in [4.69, 9.17) is 0 Å². The van der Waals surface area contributed by atoms with Gasteiger partial charge in [0.1, 0.15) is 0 Å². The monoisotopic (exact) mass is 234 g/mol. The SMILES string of the molecule is CC(=O)c1ccccc1.CCCCCCCC. The summed E-state index contributed by atoms with van der Waals surface area (Å²) in [7, 11) is 0. The fraction of sp³-hybridized carbons (Fsp3) is 0.562. The second kappa shape index (κ2) is 11.4. The van der Waals surface area contributed by atoms with Gasteiger partial charge in [-0.15, -0.1) is 0 Å². The van der Waals surface area contributed by atoms with Gasteiger partial charge in [0.15, 0.2) is 5.78 Å². The fourth-order valence-electron chi connectivity index (χ4n) is 1.53. The molecule has 0 saturated heterocycles. The van der Waals surface area contributed by atoms with Crippen molar-refractivity contribution in [3.05, 3.63) is 35.9 Å². The van der Waals surface area contributed by atoms with Crippen LogP contribution in [0.3, 0.4) is 0 Å². The highest BCUT2D eigenvalue weighted by atomic mass is 16.1. The second-order valence-electron chi connectivity index (χ2n) is 4.34. The Morgan fingerprint density at radius 3 is 1.65 bits per heavy atom. The molecule has 0 bridgehead atoms. The lowest BCUT2D eigenvalue weighted by atomic mass is 10.1. The number of benzene rings is 1. The molecule has 0 amide bonds. The number of carbonyl (C=O) groups excluding carboxylic acids is 1. The predicted molar refractivity (Wildman–Crippen MR) is 75.5 cm³/mol. The van der Waals surface area contributed by atoms with Crippen LogP contribution in [0.1, 0.15) is 69.7 Å². The van der Waals surface area contributed by atoms with Crippen molar-refractivity contribution in [1.82, 2.24) is 0 Å². The number of ketones is 1. The Hall–Kier alpha value is -1.11. The van der Waals surface area contributed by atoms with Gasteiger partial charge >= 0.3 is 0 Å². The summed E-state index contributed by atoms with van der Waals surface area (Å²) in [5, 5.41) is 0. The summed E-state index contributed by atoms with van der Waals surface area (Å²) in [6.07, 6.45) is 8.49. The quantitative estimate of drug-likeness (QED) is 0.485. The zero-order valence-corrected chi connectivity index (χ0v) is 11.5. The zero-order valence-electron chi connectivity index (χ0n) is 11.5. The largest absolute Gasteiger partial charge is 0.295 e. The Kier molecular flexibility index (Phi) is 10.6. The average Bonchev–Trinajstić information content (AvgIpc) is 2.37. The molecule has 0 radical (unpaired) electrons. The molecule has 0 spiro atoms. The predicted octanol–water partition coefficient (Wildman–Crippen LogP) is 5.26. The molecule has 0 N–H and O–H groups in total. The summed E-state index contributed by atoms with van der Waals surface area (Å²) in [4.78, 5) is 10.6. The van der Waals surface area contributed by atoms with E-state index in [9.17, 15) is 4.79 Å². The number of Topliss-reactive ketones (excluding diaryl/α,β-unsaturated/α-hetero) is 1. The first-order chi connectivity index (χ1) is 8.22. The number of unbranched alkanes of at least 4 members (excludes halogenated alkanes) is 5. The van der Waals surface area contributed by atoms with Crippen LogP contribution in [-0.4, -0.2) is 5.78 Å². The van der Waals surface area contributed by atoms with Gasteiger partial charge in [-0.25, -0.2) is 0 Å². The molecule has 0 fully saturated rings. The minimum absolute atomic E-state index is 0.121. The Labute approximate surface area is 106 Å². The molecular formula is C16H26O. The first kappa shape index (κ1) is 15.9. The van der Waals surface area contributed by atoms with E-state index in [0.29, 0.717) is 0 Å². The van der Waals surface area contributed by atoms with E-state index in [0.717, 1.165) is 5.56 Å². The molecule has 0 unspecified atom stereocenters. The normalized spacial score (nSPS) is 9.35. The summed E-state index contributed by atoms with van der Waals surface area (Å²) < 4.78 is 0. The van der Waals surface area contributed by atoms with Gasteiger partial charge < -0.3 is 0 Å². The van der Waals surface area contributed by atoms with Crippen LogP contribution in [0.15, 0.2) is 30.3 Å². The van der Waals surface area contributed by atoms with Gasteiger partial charge in [-0.2, -0.15) is 0 Å². The van der Waals surface area contributed by atoms with Crippen LogP contribution in [0.4, 0.5) is 0 Å². The highest BCUT2D eigenvalue weighted by Gasteiger charge is 1.92. The minimum atomic E-state index is 0.121. The Bertz CT molecular complexity index is 271. The highest BCUT2D eigenvalue weighted by molar-refractivity contribution is 5.93. The Morgan fingerprint density at radius 2 is 1.35 bits per heavy atom. The molecule has 96 valence electrons. The first-order valence-electron chi connectivity index (χ1n) is 6.78. The van der Waals surface area contributed by atoms with Crippen molar-refractivity contribution in [2.24, 2.45) is 0 Å². The number of rotatable bonds is 6. The molecule has 1 nitrogen and oxygen atoms in total. The van der Waals surface area contributed by atoms with Crippen molar-refractivity contribution >= 4 is 5.78 Å². The number of hydrogen-bond acceptors (Lipinski definition) is 1. The minimum Gasteiger partial charge on any atom is -0.295 e. The van der Waals surface area contributed by atoms with E-state index in [2.05, 4.69) is 13.8 Å². The molecule has 0 aliphatic rings. The average molecular weight is 234 g/mol. The van der Waals surface area contributed by atoms with Gasteiger partial charge in [0.25, 0.3) is 0 Å². The molecule has 0 aliphatic heterocycles. The summed E-state index contributed by atoms with van der Waals surface area (Å²) in [6, 6.07) is 9.23. The van der Waals surface area contributed by atoms with Gasteiger partial charge in [-0.1, -0.05) is 82.7 Å². The molecule has 0 atom stereocenters. The van der Waals surface area contributed by atoms with Crippen LogP contribution < -0.4 is 0 Å². The third-order valence-corrected chi connectivity index (χ3v) is 2.64. The number of hydrogen-bond donors (Lipinski definition) is 0. The molecule has 0 saturated carbocycles. The van der Waals surface area contributed by atoms with Gasteiger partial charge in [-0.3, -0.25) is 4.79 Å². The van der Waals surface area contributed by atoms with Crippen LogP contribution in [0.25, 0.3) is 0 Å². The van der Waals surface area contributed by atoms with Crippen LogP contribution in [0, 0.1) is 0 Å². The lowest BCUT2D eigenvalue weighted by molar-refractivity contribution is 0.101. The van der Waals surface area contributed by atoms with Crippen LogP contribution in [0.5, 0.6) is 0 Å². The van der Waals surface area contributed by atoms with Crippen molar-refractivity contribution in [3.8, 4) is 0 Å². The van der Waals surface area contributed by atoms with E-state index >= 15 is 0 Å². The number of carbonyl (C=O) groups is 1. The van der Waals surface area contributed by atoms with Crippen molar-refractivity contribution in [3.63, 3.8) is 0 Å². The molecule has 0 aliphatic carbocycles. The van der Waals surface area contributed by atoms with Gasteiger partial charge in [0, 0.05) is 5.56 Å². The van der Waals surface area contributed by atoms with Crippen molar-refractivity contribution in [2.45, 2.75) is 59.3 Å². The first-order valence-corrected chi connectivity index (χ1v) is 6.78. The second-order valence-corrected chi connectivity index (χ2v) is 4.34. The van der Waals surface area contributed by atoms with Crippen molar-refractivity contribution in [1.29, 1.82) is 0 Å². The zero-order chi connectivity index (χ0) is 12.9. The third-order valence-electron chi connectivity index (χ3n) is 2.64. The molecule has 1 aromatic carbocycles. The van der Waals surface area contributed by atoms with E-state index in [1.54, 1.807) is 6.92 Å². The lowest BCUT2D eigenvalue weighted by Gasteiger charge is -1.93. The topological polar surface area (TPSA) is 17.1 Å². The van der Waals surface area contributed by atoms with Crippen LogP contribution in [0.2, 0.25) is 0 Å². The molecule has 0 heterocycles. The van der Waals surface area contributed by atoms with E-state index < -0.39 is 0 Å². The molecule has 1 rings (SSSR count). The van der Waals surface area contributed by atoms with E-state index in [-0.39, 0.29) is 5.78 Å². The van der Waals surface area contributed by atoms with Crippen LogP contribution in [-0.2, 0) is 0 Å². The maximum Gasteiger partial charge on any atom is 0.159 e. The van der Waals surface area contributed by atoms with Crippen molar-refractivity contribution < 1.29 is 4.79 Å². The molecule has 17 heavy (non-hydrogen) atoms. The summed E-state index contributed by atoms with van der Waals surface area (Å²) in [5.41, 5.74) is 0.775. The summed E-state index contributed by atoms with van der Waals surface area (Å²) >= 11 is 0. The van der Waals surface area contributed by atoms with E-state index in [1.165, 1.54) is 38.5 Å². The standard InChI is InChI=1S/C8H8O.C8H18/c1-7(9)8-5-3-2-4-6-8;1-3-5-7-8-6-4-2/h2-6H,1H3;3-8H2,1-2H3. The Balaban J connectivity index is 0.000000304. The van der Waals surface area contributed by atoms with Gasteiger partial charge in [-0.05, 0) is 6.92 Å².